The van der Waals surface area contributed by atoms with Crippen molar-refractivity contribution in [1.82, 2.24) is 15.5 Å². The van der Waals surface area contributed by atoms with Crippen molar-refractivity contribution in [2.75, 3.05) is 6.54 Å². The van der Waals surface area contributed by atoms with Crippen LogP contribution >= 0.6 is 12.4 Å². The summed E-state index contributed by atoms with van der Waals surface area (Å²) in [6, 6.07) is 1.80. The molecule has 6 nitrogen and oxygen atoms in total. The van der Waals surface area contributed by atoms with E-state index in [1.54, 1.807) is 6.07 Å². The van der Waals surface area contributed by atoms with Gasteiger partial charge in [-0.2, -0.15) is 0 Å². The van der Waals surface area contributed by atoms with Gasteiger partial charge in [0.1, 0.15) is 0 Å². The summed E-state index contributed by atoms with van der Waals surface area (Å²) in [6.07, 6.45) is 3.83. The van der Waals surface area contributed by atoms with E-state index in [0.29, 0.717) is 23.7 Å². The average Bonchev–Trinajstić information content (AvgIpc) is 3.21. The second kappa shape index (κ2) is 5.76. The van der Waals surface area contributed by atoms with Gasteiger partial charge in [-0.15, -0.1) is 12.4 Å². The number of rotatable bonds is 4. The van der Waals surface area contributed by atoms with Crippen LogP contribution in [-0.2, 0) is 0 Å². The third-order valence-electron chi connectivity index (χ3n) is 3.50. The molecule has 2 heterocycles. The van der Waals surface area contributed by atoms with Crippen molar-refractivity contribution in [1.29, 1.82) is 0 Å². The zero-order valence-corrected chi connectivity index (χ0v) is 11.9. The van der Waals surface area contributed by atoms with Crippen LogP contribution in [0.1, 0.15) is 28.9 Å². The monoisotopic (exact) mass is 296 g/mol. The topological polar surface area (TPSA) is 94.0 Å². The Morgan fingerprint density at radius 1 is 1.60 bits per heavy atom. The molecule has 1 unspecified atom stereocenters. The van der Waals surface area contributed by atoms with Gasteiger partial charge in [0.15, 0.2) is 0 Å². The zero-order chi connectivity index (χ0) is 13.4. The fourth-order valence-electron chi connectivity index (χ4n) is 2.07. The third-order valence-corrected chi connectivity index (χ3v) is 3.50. The zero-order valence-electron chi connectivity index (χ0n) is 11.1. The summed E-state index contributed by atoms with van der Waals surface area (Å²) in [5.41, 5.74) is 7.63. The molecular weight excluding hydrogens is 280 g/mol. The fraction of sp³-hybridized carbons (Fsp3) is 0.462. The molecule has 1 fully saturated rings. The summed E-state index contributed by atoms with van der Waals surface area (Å²) < 4.78 is 5.01. The van der Waals surface area contributed by atoms with Crippen LogP contribution < -0.4 is 11.1 Å². The number of nitrogens with one attached hydrogen (secondary N) is 1. The second-order valence-electron chi connectivity index (χ2n) is 5.06. The molecule has 1 atom stereocenters. The highest BCUT2D eigenvalue weighted by Gasteiger charge is 2.28. The Hall–Kier alpha value is -1.66. The van der Waals surface area contributed by atoms with E-state index < -0.39 is 0 Å². The number of halogens is 1. The maximum atomic E-state index is 12.0. The van der Waals surface area contributed by atoms with Crippen LogP contribution in [-0.4, -0.2) is 28.6 Å². The van der Waals surface area contributed by atoms with Gasteiger partial charge < -0.3 is 15.6 Å². The van der Waals surface area contributed by atoms with Gasteiger partial charge in [-0.25, -0.2) is 4.98 Å². The van der Waals surface area contributed by atoms with E-state index in [0.717, 1.165) is 11.1 Å². The number of fused-ring (bicyclic) bond motifs is 1. The van der Waals surface area contributed by atoms with Crippen LogP contribution in [0.15, 0.2) is 16.8 Å². The number of hydrogen-bond donors (Lipinski definition) is 2. The first-order chi connectivity index (χ1) is 9.15. The van der Waals surface area contributed by atoms with Crippen LogP contribution in [0.3, 0.4) is 0 Å². The Morgan fingerprint density at radius 2 is 2.35 bits per heavy atom. The van der Waals surface area contributed by atoms with E-state index in [1.165, 1.54) is 19.0 Å². The van der Waals surface area contributed by atoms with Gasteiger partial charge >= 0.3 is 0 Å². The predicted octanol–water partition coefficient (Wildman–Crippen LogP) is 1.42. The number of aryl methyl sites for hydroxylation is 1. The molecule has 1 amide bonds. The molecule has 1 aliphatic carbocycles. The van der Waals surface area contributed by atoms with Gasteiger partial charge in [0.05, 0.1) is 16.6 Å². The second-order valence-corrected chi connectivity index (χ2v) is 5.06. The van der Waals surface area contributed by atoms with E-state index in [2.05, 4.69) is 15.5 Å². The molecule has 108 valence electrons. The Labute approximate surface area is 122 Å². The summed E-state index contributed by atoms with van der Waals surface area (Å²) in [5, 5.41) is 7.42. The molecule has 0 spiro atoms. The molecule has 20 heavy (non-hydrogen) atoms. The van der Waals surface area contributed by atoms with Crippen LogP contribution in [0.25, 0.3) is 11.1 Å². The molecule has 3 N–H and O–H groups in total. The average molecular weight is 297 g/mol. The lowest BCUT2D eigenvalue weighted by Gasteiger charge is -2.11. The van der Waals surface area contributed by atoms with E-state index >= 15 is 0 Å². The summed E-state index contributed by atoms with van der Waals surface area (Å²) in [4.78, 5) is 16.1. The number of hydrogen-bond acceptors (Lipinski definition) is 5. The maximum Gasteiger partial charge on any atom is 0.257 e. The number of nitrogens with zero attached hydrogens (tertiary/aromatic N) is 2. The van der Waals surface area contributed by atoms with Crippen molar-refractivity contribution in [2.45, 2.75) is 25.8 Å². The molecule has 0 aromatic carbocycles. The first-order valence-electron chi connectivity index (χ1n) is 6.41. The molecule has 2 aromatic rings. The normalized spacial score (nSPS) is 15.7. The number of aromatic nitrogens is 2. The standard InChI is InChI=1S/C13H16N4O2.ClH/c1-7-10-4-9(5-16-13(10)19-17-7)12(18)15-6-11(14)8-2-3-8;/h4-5,8,11H,2-3,6,14H2,1H3,(H,15,18);1H. The summed E-state index contributed by atoms with van der Waals surface area (Å²) in [7, 11) is 0. The molecule has 0 aliphatic heterocycles. The third kappa shape index (κ3) is 2.91. The Morgan fingerprint density at radius 3 is 3.05 bits per heavy atom. The summed E-state index contributed by atoms with van der Waals surface area (Å²) in [5.74, 6) is 0.410. The number of carbonyl (C=O) groups is 1. The van der Waals surface area contributed by atoms with Gasteiger partial charge in [0, 0.05) is 18.8 Å². The van der Waals surface area contributed by atoms with Crippen LogP contribution in [0, 0.1) is 12.8 Å². The lowest BCUT2D eigenvalue weighted by Crippen LogP contribution is -2.38. The summed E-state index contributed by atoms with van der Waals surface area (Å²) in [6.45, 7) is 2.32. The Balaban J connectivity index is 0.00000147. The smallest absolute Gasteiger partial charge is 0.257 e. The van der Waals surface area contributed by atoms with Crippen molar-refractivity contribution in [3.8, 4) is 0 Å². The van der Waals surface area contributed by atoms with Gasteiger partial charge in [-0.3, -0.25) is 4.79 Å². The van der Waals surface area contributed by atoms with Crippen LogP contribution in [0.4, 0.5) is 0 Å². The van der Waals surface area contributed by atoms with Crippen molar-refractivity contribution in [2.24, 2.45) is 11.7 Å². The molecule has 1 saturated carbocycles. The van der Waals surface area contributed by atoms with Gasteiger partial charge in [0.25, 0.3) is 11.6 Å². The van der Waals surface area contributed by atoms with E-state index in [1.807, 2.05) is 6.92 Å². The van der Waals surface area contributed by atoms with Crippen LogP contribution in [0.5, 0.6) is 0 Å². The fourth-order valence-corrected chi connectivity index (χ4v) is 2.07. The molecule has 0 saturated heterocycles. The number of nitrogens with two attached hydrogens (primary N) is 1. The minimum absolute atomic E-state index is 0. The van der Waals surface area contributed by atoms with E-state index in [-0.39, 0.29) is 24.4 Å². The number of carbonyl (C=O) groups excluding carboxylic acids is 1. The van der Waals surface area contributed by atoms with Crippen molar-refractivity contribution >= 4 is 29.4 Å². The largest absolute Gasteiger partial charge is 0.350 e. The molecule has 7 heteroatoms. The molecule has 0 radical (unpaired) electrons. The number of pyridine rings is 1. The number of amides is 1. The Kier molecular flexibility index (Phi) is 4.25. The van der Waals surface area contributed by atoms with Crippen LogP contribution in [0.2, 0.25) is 0 Å². The highest BCUT2D eigenvalue weighted by molar-refractivity contribution is 5.96. The molecule has 2 aromatic heterocycles. The van der Waals surface area contributed by atoms with Gasteiger partial charge in [-0.1, -0.05) is 5.16 Å². The first-order valence-corrected chi connectivity index (χ1v) is 6.41. The predicted molar refractivity (Wildman–Crippen MR) is 76.8 cm³/mol. The van der Waals surface area contributed by atoms with Crippen molar-refractivity contribution in [3.05, 3.63) is 23.5 Å². The van der Waals surface area contributed by atoms with Gasteiger partial charge in [0.2, 0.25) is 0 Å². The summed E-state index contributed by atoms with van der Waals surface area (Å²) >= 11 is 0. The van der Waals surface area contributed by atoms with Crippen molar-refractivity contribution in [3.63, 3.8) is 0 Å². The maximum absolute atomic E-state index is 12.0. The SMILES string of the molecule is Cc1noc2ncc(C(=O)NCC(N)C3CC3)cc12.Cl. The molecular formula is C13H17ClN4O2. The minimum atomic E-state index is -0.161. The quantitative estimate of drug-likeness (QED) is 0.890. The molecule has 3 rings (SSSR count). The highest BCUT2D eigenvalue weighted by Crippen LogP contribution is 2.31. The first kappa shape index (κ1) is 14.7. The van der Waals surface area contributed by atoms with E-state index in [9.17, 15) is 4.79 Å². The van der Waals surface area contributed by atoms with Crippen molar-refractivity contribution < 1.29 is 9.32 Å². The molecule has 0 bridgehead atoms. The minimum Gasteiger partial charge on any atom is -0.350 e. The molecule has 1 aliphatic rings. The van der Waals surface area contributed by atoms with E-state index in [4.69, 9.17) is 10.3 Å². The Bertz CT molecular complexity index is 624. The van der Waals surface area contributed by atoms with Gasteiger partial charge in [-0.05, 0) is 31.7 Å². The lowest BCUT2D eigenvalue weighted by atomic mass is 10.1. The lowest BCUT2D eigenvalue weighted by molar-refractivity contribution is 0.0950. The highest BCUT2D eigenvalue weighted by atomic mass is 35.5.